The molecular weight excluding hydrogens is 214 g/mol. The van der Waals surface area contributed by atoms with E-state index in [9.17, 15) is 4.79 Å². The molecule has 0 saturated carbocycles. The molecule has 1 aliphatic rings. The highest BCUT2D eigenvalue weighted by Gasteiger charge is 2.24. The number of nitrogen functional groups attached to an aromatic ring is 1. The highest BCUT2D eigenvalue weighted by Crippen LogP contribution is 2.20. The normalized spacial score (nSPS) is 20.4. The van der Waals surface area contributed by atoms with E-state index in [2.05, 4.69) is 11.9 Å². The van der Waals surface area contributed by atoms with Gasteiger partial charge in [0.25, 0.3) is 5.91 Å². The van der Waals surface area contributed by atoms with Crippen molar-refractivity contribution >= 4 is 11.7 Å². The zero-order valence-electron chi connectivity index (χ0n) is 10.4. The second-order valence-corrected chi connectivity index (χ2v) is 4.77. The summed E-state index contributed by atoms with van der Waals surface area (Å²) in [6.45, 7) is 4.81. The van der Waals surface area contributed by atoms with Gasteiger partial charge in [0, 0.05) is 23.8 Å². The molecule has 4 heteroatoms. The van der Waals surface area contributed by atoms with Crippen molar-refractivity contribution in [1.82, 2.24) is 9.88 Å². The van der Waals surface area contributed by atoms with E-state index in [1.807, 2.05) is 11.8 Å². The van der Waals surface area contributed by atoms with Crippen molar-refractivity contribution in [2.45, 2.75) is 39.2 Å². The summed E-state index contributed by atoms with van der Waals surface area (Å²) in [5.74, 6) is 0.493. The fraction of sp³-hybridized carbons (Fsp3) is 0.538. The molecule has 2 rings (SSSR count). The smallest absolute Gasteiger partial charge is 0.254 e. The predicted octanol–water partition coefficient (Wildman–Crippen LogP) is 1.99. The molecule has 2 heterocycles. The summed E-state index contributed by atoms with van der Waals surface area (Å²) in [6.07, 6.45) is 3.39. The first-order valence-corrected chi connectivity index (χ1v) is 6.13. The summed E-state index contributed by atoms with van der Waals surface area (Å²) in [6, 6.07) is 3.79. The Morgan fingerprint density at radius 2 is 2.24 bits per heavy atom. The van der Waals surface area contributed by atoms with Crippen LogP contribution in [0.5, 0.6) is 0 Å². The Morgan fingerprint density at radius 3 is 2.88 bits per heavy atom. The van der Waals surface area contributed by atoms with Crippen LogP contribution < -0.4 is 5.73 Å². The van der Waals surface area contributed by atoms with Crippen LogP contribution in [0.3, 0.4) is 0 Å². The van der Waals surface area contributed by atoms with Gasteiger partial charge in [-0.05, 0) is 45.2 Å². The Morgan fingerprint density at radius 1 is 1.47 bits per heavy atom. The number of hydrogen-bond acceptors (Lipinski definition) is 3. The molecule has 1 unspecified atom stereocenters. The molecule has 1 atom stereocenters. The van der Waals surface area contributed by atoms with Crippen molar-refractivity contribution in [2.24, 2.45) is 0 Å². The summed E-state index contributed by atoms with van der Waals surface area (Å²) >= 11 is 0. The molecule has 0 radical (unpaired) electrons. The molecule has 1 aromatic heterocycles. The topological polar surface area (TPSA) is 59.2 Å². The average Bonchev–Trinajstić information content (AvgIpc) is 2.27. The molecule has 2 N–H and O–H groups in total. The van der Waals surface area contributed by atoms with Gasteiger partial charge in [-0.15, -0.1) is 0 Å². The molecule has 4 nitrogen and oxygen atoms in total. The van der Waals surface area contributed by atoms with Crippen LogP contribution in [0.2, 0.25) is 0 Å². The van der Waals surface area contributed by atoms with Gasteiger partial charge < -0.3 is 10.6 Å². The number of pyridine rings is 1. The first-order valence-electron chi connectivity index (χ1n) is 6.13. The van der Waals surface area contributed by atoms with E-state index in [-0.39, 0.29) is 5.91 Å². The third-order valence-electron chi connectivity index (χ3n) is 3.28. The molecule has 1 fully saturated rings. The highest BCUT2D eigenvalue weighted by atomic mass is 16.2. The lowest BCUT2D eigenvalue weighted by molar-refractivity contribution is 0.0635. The Bertz CT molecular complexity index is 410. The molecule has 1 amide bonds. The standard InChI is InChI=1S/C13H19N3O/c1-9-7-11(8-12(14)15-9)13(17)16-6-4-3-5-10(16)2/h7-8,10H,3-6H2,1-2H3,(H2,14,15). The third-order valence-corrected chi connectivity index (χ3v) is 3.28. The molecule has 0 aliphatic carbocycles. The molecule has 1 aliphatic heterocycles. The van der Waals surface area contributed by atoms with E-state index in [4.69, 9.17) is 5.73 Å². The van der Waals surface area contributed by atoms with Gasteiger partial charge in [-0.2, -0.15) is 0 Å². The van der Waals surface area contributed by atoms with Gasteiger partial charge in [0.1, 0.15) is 5.82 Å². The number of hydrogen-bond donors (Lipinski definition) is 1. The van der Waals surface area contributed by atoms with Crippen molar-refractivity contribution in [3.05, 3.63) is 23.4 Å². The largest absolute Gasteiger partial charge is 0.384 e. The van der Waals surface area contributed by atoms with Gasteiger partial charge >= 0.3 is 0 Å². The molecule has 0 aromatic carbocycles. The quantitative estimate of drug-likeness (QED) is 0.807. The second-order valence-electron chi connectivity index (χ2n) is 4.77. The van der Waals surface area contributed by atoms with Crippen LogP contribution >= 0.6 is 0 Å². The number of likely N-dealkylation sites (tertiary alicyclic amines) is 1. The maximum Gasteiger partial charge on any atom is 0.254 e. The van der Waals surface area contributed by atoms with E-state index in [1.54, 1.807) is 12.1 Å². The van der Waals surface area contributed by atoms with E-state index >= 15 is 0 Å². The maximum absolute atomic E-state index is 12.4. The summed E-state index contributed by atoms with van der Waals surface area (Å²) < 4.78 is 0. The van der Waals surface area contributed by atoms with Crippen molar-refractivity contribution in [1.29, 1.82) is 0 Å². The number of nitrogens with zero attached hydrogens (tertiary/aromatic N) is 2. The van der Waals surface area contributed by atoms with E-state index in [1.165, 1.54) is 6.42 Å². The first-order chi connectivity index (χ1) is 8.08. The Labute approximate surface area is 102 Å². The summed E-state index contributed by atoms with van der Waals surface area (Å²) in [7, 11) is 0. The zero-order valence-corrected chi connectivity index (χ0v) is 10.4. The molecule has 92 valence electrons. The summed E-state index contributed by atoms with van der Waals surface area (Å²) in [5.41, 5.74) is 7.13. The lowest BCUT2D eigenvalue weighted by atomic mass is 10.0. The van der Waals surface area contributed by atoms with Crippen LogP contribution in [-0.2, 0) is 0 Å². The van der Waals surface area contributed by atoms with E-state index in [0.717, 1.165) is 25.1 Å². The van der Waals surface area contributed by atoms with Crippen molar-refractivity contribution in [3.63, 3.8) is 0 Å². The van der Waals surface area contributed by atoms with Crippen LogP contribution in [0.1, 0.15) is 42.2 Å². The van der Waals surface area contributed by atoms with Crippen LogP contribution in [-0.4, -0.2) is 28.4 Å². The van der Waals surface area contributed by atoms with Crippen LogP contribution in [0.25, 0.3) is 0 Å². The van der Waals surface area contributed by atoms with Crippen molar-refractivity contribution in [2.75, 3.05) is 12.3 Å². The van der Waals surface area contributed by atoms with Gasteiger partial charge in [0.05, 0.1) is 0 Å². The fourth-order valence-corrected chi connectivity index (χ4v) is 2.38. The lowest BCUT2D eigenvalue weighted by Gasteiger charge is -2.33. The van der Waals surface area contributed by atoms with E-state index < -0.39 is 0 Å². The van der Waals surface area contributed by atoms with Crippen molar-refractivity contribution < 1.29 is 4.79 Å². The number of anilines is 1. The maximum atomic E-state index is 12.4. The fourth-order valence-electron chi connectivity index (χ4n) is 2.38. The number of amides is 1. The molecule has 1 aromatic rings. The number of rotatable bonds is 1. The number of aryl methyl sites for hydroxylation is 1. The van der Waals surface area contributed by atoms with Crippen LogP contribution in [0.15, 0.2) is 12.1 Å². The van der Waals surface area contributed by atoms with Gasteiger partial charge in [-0.1, -0.05) is 0 Å². The van der Waals surface area contributed by atoms with Crippen molar-refractivity contribution in [3.8, 4) is 0 Å². The number of carbonyl (C=O) groups excluding carboxylic acids is 1. The lowest BCUT2D eigenvalue weighted by Crippen LogP contribution is -2.42. The number of nitrogens with two attached hydrogens (primary N) is 1. The SMILES string of the molecule is Cc1cc(C(=O)N2CCCCC2C)cc(N)n1. The first kappa shape index (κ1) is 11.9. The minimum absolute atomic E-state index is 0.0781. The molecule has 0 spiro atoms. The Kier molecular flexibility index (Phi) is 3.31. The highest BCUT2D eigenvalue weighted by molar-refractivity contribution is 5.95. The van der Waals surface area contributed by atoms with Gasteiger partial charge in [-0.3, -0.25) is 4.79 Å². The second kappa shape index (κ2) is 4.73. The summed E-state index contributed by atoms with van der Waals surface area (Å²) in [4.78, 5) is 18.4. The average molecular weight is 233 g/mol. The molecule has 17 heavy (non-hydrogen) atoms. The monoisotopic (exact) mass is 233 g/mol. The van der Waals surface area contributed by atoms with Crippen LogP contribution in [0, 0.1) is 6.92 Å². The zero-order chi connectivity index (χ0) is 12.4. The number of carbonyl (C=O) groups is 1. The summed E-state index contributed by atoms with van der Waals surface area (Å²) in [5, 5.41) is 0. The number of aromatic nitrogens is 1. The molecule has 0 bridgehead atoms. The van der Waals surface area contributed by atoms with Gasteiger partial charge in [0.2, 0.25) is 0 Å². The number of piperidine rings is 1. The minimum atomic E-state index is 0.0781. The minimum Gasteiger partial charge on any atom is -0.384 e. The molecular formula is C13H19N3O. The van der Waals surface area contributed by atoms with Gasteiger partial charge in [0.15, 0.2) is 0 Å². The molecule has 1 saturated heterocycles. The van der Waals surface area contributed by atoms with Crippen LogP contribution in [0.4, 0.5) is 5.82 Å². The Balaban J connectivity index is 2.23. The third kappa shape index (κ3) is 2.57. The Hall–Kier alpha value is -1.58. The predicted molar refractivity (Wildman–Crippen MR) is 67.7 cm³/mol. The van der Waals surface area contributed by atoms with Gasteiger partial charge in [-0.25, -0.2) is 4.98 Å². The van der Waals surface area contributed by atoms with E-state index in [0.29, 0.717) is 17.4 Å².